The van der Waals surface area contributed by atoms with Gasteiger partial charge in [0.2, 0.25) is 0 Å². The van der Waals surface area contributed by atoms with Gasteiger partial charge in [-0.1, -0.05) is 17.7 Å². The predicted molar refractivity (Wildman–Crippen MR) is 101 cm³/mol. The van der Waals surface area contributed by atoms with E-state index < -0.39 is 0 Å². The zero-order valence-corrected chi connectivity index (χ0v) is 15.9. The molecule has 2 rings (SSSR count). The van der Waals surface area contributed by atoms with E-state index in [1.807, 2.05) is 0 Å². The molecule has 0 aromatic heterocycles. The molecule has 0 amide bonds. The third-order valence-electron chi connectivity index (χ3n) is 4.69. The fraction of sp³-hybridized carbons (Fsp3) is 0.600. The fourth-order valence-electron chi connectivity index (χ4n) is 3.74. The second-order valence-corrected chi connectivity index (χ2v) is 7.39. The lowest BCUT2D eigenvalue weighted by atomic mass is 10.0. The van der Waals surface area contributed by atoms with Crippen LogP contribution in [0.4, 0.5) is 5.69 Å². The molecule has 0 radical (unpaired) electrons. The van der Waals surface area contributed by atoms with Gasteiger partial charge in [-0.3, -0.25) is 4.90 Å². The van der Waals surface area contributed by atoms with Gasteiger partial charge in [-0.15, -0.1) is 0 Å². The molecule has 0 saturated heterocycles. The largest absolute Gasteiger partial charge is 0.357 e. The molecule has 1 aliphatic heterocycles. The summed E-state index contributed by atoms with van der Waals surface area (Å²) >= 11 is 0. The van der Waals surface area contributed by atoms with Crippen LogP contribution in [0.25, 0.3) is 0 Å². The highest BCUT2D eigenvalue weighted by Gasteiger charge is 2.19. The van der Waals surface area contributed by atoms with Crippen LogP contribution >= 0.6 is 0 Å². The van der Waals surface area contributed by atoms with Crippen LogP contribution < -0.4 is 4.90 Å². The van der Waals surface area contributed by atoms with Crippen molar-refractivity contribution in [1.82, 2.24) is 9.80 Å². The molecule has 1 aliphatic rings. The van der Waals surface area contributed by atoms with Crippen LogP contribution in [0.2, 0.25) is 0 Å². The van der Waals surface area contributed by atoms with Gasteiger partial charge in [0, 0.05) is 43.3 Å². The molecule has 3 nitrogen and oxygen atoms in total. The van der Waals surface area contributed by atoms with E-state index in [-0.39, 0.29) is 0 Å². The first-order valence-corrected chi connectivity index (χ1v) is 8.82. The maximum atomic E-state index is 2.55. The van der Waals surface area contributed by atoms with Gasteiger partial charge in [0.1, 0.15) is 0 Å². The monoisotopic (exact) mass is 315 g/mol. The van der Waals surface area contributed by atoms with Gasteiger partial charge >= 0.3 is 0 Å². The maximum Gasteiger partial charge on any atom is 0.0942 e. The summed E-state index contributed by atoms with van der Waals surface area (Å²) in [6.45, 7) is 18.9. The van der Waals surface area contributed by atoms with Gasteiger partial charge in [0.05, 0.1) is 6.67 Å². The summed E-state index contributed by atoms with van der Waals surface area (Å²) in [5.74, 6) is 0. The van der Waals surface area contributed by atoms with Crippen LogP contribution in [-0.2, 0) is 0 Å². The summed E-state index contributed by atoms with van der Waals surface area (Å²) in [6, 6.07) is 5.74. The Morgan fingerprint density at radius 3 is 2.04 bits per heavy atom. The average Bonchev–Trinajstić information content (AvgIpc) is 2.85. The minimum absolute atomic E-state index is 0.597. The quantitative estimate of drug-likeness (QED) is 0.776. The van der Waals surface area contributed by atoms with Gasteiger partial charge < -0.3 is 9.80 Å². The Bertz CT molecular complexity index is 529. The normalized spacial score (nSPS) is 14.9. The van der Waals surface area contributed by atoms with Crippen molar-refractivity contribution in [1.29, 1.82) is 0 Å². The Labute approximate surface area is 142 Å². The number of rotatable bonds is 6. The molecule has 0 spiro atoms. The van der Waals surface area contributed by atoms with Crippen molar-refractivity contribution in [3.63, 3.8) is 0 Å². The minimum atomic E-state index is 0.597. The van der Waals surface area contributed by atoms with Crippen molar-refractivity contribution in [2.75, 3.05) is 24.7 Å². The number of aryl methyl sites for hydroxylation is 3. The maximum absolute atomic E-state index is 2.55. The SMILES string of the molecule is Cc1cc(C)c(N2C=CN(CCN(C(C)C)C(C)C)C2)c(C)c1. The van der Waals surface area contributed by atoms with Crippen LogP contribution in [0.5, 0.6) is 0 Å². The molecular formula is C20H33N3. The second-order valence-electron chi connectivity index (χ2n) is 7.39. The standard InChI is InChI=1S/C20H33N3/c1-15(2)23(16(3)4)11-9-21-8-10-22(14-21)20-18(6)12-17(5)13-19(20)7/h8,10,12-13,15-16H,9,11,14H2,1-7H3. The molecule has 0 atom stereocenters. The molecule has 3 heteroatoms. The highest BCUT2D eigenvalue weighted by Crippen LogP contribution is 2.28. The summed E-state index contributed by atoms with van der Waals surface area (Å²) in [4.78, 5) is 7.34. The third kappa shape index (κ3) is 4.29. The van der Waals surface area contributed by atoms with Crippen LogP contribution in [-0.4, -0.2) is 41.6 Å². The van der Waals surface area contributed by atoms with E-state index in [0.717, 1.165) is 19.8 Å². The zero-order chi connectivity index (χ0) is 17.1. The number of hydrogen-bond donors (Lipinski definition) is 0. The molecule has 0 fully saturated rings. The van der Waals surface area contributed by atoms with Crippen molar-refractivity contribution in [2.45, 2.75) is 60.5 Å². The molecule has 0 bridgehead atoms. The molecule has 0 unspecified atom stereocenters. The van der Waals surface area contributed by atoms with E-state index in [1.165, 1.54) is 22.4 Å². The Morgan fingerprint density at radius 2 is 1.52 bits per heavy atom. The Kier molecular flexibility index (Phi) is 5.74. The molecule has 1 aromatic carbocycles. The van der Waals surface area contributed by atoms with Crippen molar-refractivity contribution in [2.24, 2.45) is 0 Å². The van der Waals surface area contributed by atoms with Crippen molar-refractivity contribution in [3.05, 3.63) is 41.2 Å². The number of benzene rings is 1. The summed E-state index contributed by atoms with van der Waals surface area (Å²) in [5.41, 5.74) is 5.42. The first-order valence-electron chi connectivity index (χ1n) is 8.82. The van der Waals surface area contributed by atoms with Gasteiger partial charge in [-0.2, -0.15) is 0 Å². The molecule has 128 valence electrons. The van der Waals surface area contributed by atoms with Gasteiger partial charge in [-0.05, 0) is 59.6 Å². The molecule has 0 aliphatic carbocycles. The zero-order valence-electron chi connectivity index (χ0n) is 15.9. The Balaban J connectivity index is 1.99. The van der Waals surface area contributed by atoms with E-state index >= 15 is 0 Å². The smallest absolute Gasteiger partial charge is 0.0942 e. The first-order chi connectivity index (χ1) is 10.8. The highest BCUT2D eigenvalue weighted by molar-refractivity contribution is 5.62. The van der Waals surface area contributed by atoms with Crippen LogP contribution in [0.3, 0.4) is 0 Å². The molecule has 1 heterocycles. The van der Waals surface area contributed by atoms with E-state index in [2.05, 4.69) is 87.7 Å². The summed E-state index contributed by atoms with van der Waals surface area (Å²) in [6.07, 6.45) is 4.46. The molecule has 0 saturated carbocycles. The van der Waals surface area contributed by atoms with E-state index in [4.69, 9.17) is 0 Å². The van der Waals surface area contributed by atoms with E-state index in [0.29, 0.717) is 12.1 Å². The van der Waals surface area contributed by atoms with Crippen LogP contribution in [0, 0.1) is 20.8 Å². The second kappa shape index (κ2) is 7.39. The summed E-state index contributed by atoms with van der Waals surface area (Å²) in [7, 11) is 0. The van der Waals surface area contributed by atoms with Crippen LogP contribution in [0.15, 0.2) is 24.5 Å². The summed E-state index contributed by atoms with van der Waals surface area (Å²) in [5, 5.41) is 0. The van der Waals surface area contributed by atoms with Crippen molar-refractivity contribution in [3.8, 4) is 0 Å². The van der Waals surface area contributed by atoms with Gasteiger partial charge in [0.15, 0.2) is 0 Å². The highest BCUT2D eigenvalue weighted by atomic mass is 15.4. The van der Waals surface area contributed by atoms with Crippen molar-refractivity contribution < 1.29 is 0 Å². The number of hydrogen-bond acceptors (Lipinski definition) is 3. The van der Waals surface area contributed by atoms with Gasteiger partial charge in [-0.25, -0.2) is 0 Å². The molecule has 1 aromatic rings. The molecular weight excluding hydrogens is 282 g/mol. The number of anilines is 1. The lowest BCUT2D eigenvalue weighted by Gasteiger charge is -2.32. The number of nitrogens with zero attached hydrogens (tertiary/aromatic N) is 3. The summed E-state index contributed by atoms with van der Waals surface area (Å²) < 4.78 is 0. The average molecular weight is 316 g/mol. The third-order valence-corrected chi connectivity index (χ3v) is 4.69. The lowest BCUT2D eigenvalue weighted by molar-refractivity contribution is 0.160. The van der Waals surface area contributed by atoms with Crippen molar-refractivity contribution >= 4 is 5.69 Å². The molecule has 0 N–H and O–H groups in total. The first kappa shape index (κ1) is 17.9. The Morgan fingerprint density at radius 1 is 0.957 bits per heavy atom. The van der Waals surface area contributed by atoms with Crippen LogP contribution in [0.1, 0.15) is 44.4 Å². The minimum Gasteiger partial charge on any atom is -0.357 e. The topological polar surface area (TPSA) is 9.72 Å². The molecule has 23 heavy (non-hydrogen) atoms. The predicted octanol–water partition coefficient (Wildman–Crippen LogP) is 4.28. The van der Waals surface area contributed by atoms with E-state index in [1.54, 1.807) is 0 Å². The Hall–Kier alpha value is -1.48. The lowest BCUT2D eigenvalue weighted by Crippen LogP contribution is -2.42. The fourth-order valence-corrected chi connectivity index (χ4v) is 3.74. The van der Waals surface area contributed by atoms with Gasteiger partial charge in [0.25, 0.3) is 0 Å². The van der Waals surface area contributed by atoms with E-state index in [9.17, 15) is 0 Å².